The van der Waals surface area contributed by atoms with Gasteiger partial charge in [0.15, 0.2) is 0 Å². The van der Waals surface area contributed by atoms with Gasteiger partial charge in [-0.05, 0) is 43.7 Å². The number of pyridine rings is 1. The summed E-state index contributed by atoms with van der Waals surface area (Å²) in [4.78, 5) is 9.75. The summed E-state index contributed by atoms with van der Waals surface area (Å²) in [6.45, 7) is 4.28. The Hall–Kier alpha value is -2.29. The number of rotatable bonds is 5. The molecule has 0 aliphatic carbocycles. The lowest BCUT2D eigenvalue weighted by Gasteiger charge is -2.14. The van der Waals surface area contributed by atoms with Crippen molar-refractivity contribution >= 4 is 17.1 Å². The topological polar surface area (TPSA) is 31.9 Å². The lowest BCUT2D eigenvalue weighted by atomic mass is 10.2. The minimum absolute atomic E-state index is 0.930. The van der Waals surface area contributed by atoms with Crippen molar-refractivity contribution in [2.75, 3.05) is 14.1 Å². The van der Waals surface area contributed by atoms with E-state index in [2.05, 4.69) is 79.2 Å². The van der Waals surface area contributed by atoms with Crippen molar-refractivity contribution in [1.82, 2.24) is 14.9 Å². The van der Waals surface area contributed by atoms with Crippen LogP contribution in [0.25, 0.3) is 17.1 Å². The number of H-pyrrole nitrogens is 1. The van der Waals surface area contributed by atoms with Gasteiger partial charge in [-0.25, -0.2) is 4.98 Å². The number of aromatic amines is 1. The van der Waals surface area contributed by atoms with Gasteiger partial charge in [0.1, 0.15) is 5.65 Å². The zero-order valence-corrected chi connectivity index (χ0v) is 13.2. The van der Waals surface area contributed by atoms with Crippen LogP contribution >= 0.6 is 0 Å². The van der Waals surface area contributed by atoms with Gasteiger partial charge >= 0.3 is 0 Å². The highest BCUT2D eigenvalue weighted by molar-refractivity contribution is 5.79. The summed E-state index contributed by atoms with van der Waals surface area (Å²) >= 11 is 0. The van der Waals surface area contributed by atoms with Crippen LogP contribution in [0.4, 0.5) is 0 Å². The second-order valence-corrected chi connectivity index (χ2v) is 5.32. The molecule has 0 bridgehead atoms. The maximum Gasteiger partial charge on any atom is 0.137 e. The summed E-state index contributed by atoms with van der Waals surface area (Å²) in [6, 6.07) is 6.12. The molecule has 0 spiro atoms. The molecule has 3 nitrogen and oxygen atoms in total. The van der Waals surface area contributed by atoms with E-state index in [1.807, 2.05) is 6.07 Å². The van der Waals surface area contributed by atoms with Gasteiger partial charge in [0.2, 0.25) is 0 Å². The Bertz CT molecular complexity index is 654. The van der Waals surface area contributed by atoms with Crippen LogP contribution in [0.1, 0.15) is 26.0 Å². The first-order valence-corrected chi connectivity index (χ1v) is 7.26. The van der Waals surface area contributed by atoms with Crippen molar-refractivity contribution in [3.05, 3.63) is 59.6 Å². The Morgan fingerprint density at radius 1 is 1.33 bits per heavy atom. The van der Waals surface area contributed by atoms with Gasteiger partial charge in [-0.15, -0.1) is 0 Å². The molecule has 2 aromatic rings. The van der Waals surface area contributed by atoms with Crippen molar-refractivity contribution in [1.29, 1.82) is 0 Å². The Morgan fingerprint density at radius 2 is 2.14 bits per heavy atom. The van der Waals surface area contributed by atoms with Crippen LogP contribution in [-0.2, 0) is 0 Å². The highest BCUT2D eigenvalue weighted by Gasteiger charge is 1.97. The van der Waals surface area contributed by atoms with Crippen LogP contribution < -0.4 is 0 Å². The van der Waals surface area contributed by atoms with Crippen molar-refractivity contribution in [3.63, 3.8) is 0 Å². The van der Waals surface area contributed by atoms with E-state index in [4.69, 9.17) is 0 Å². The van der Waals surface area contributed by atoms with Crippen LogP contribution in [-0.4, -0.2) is 29.0 Å². The third-order valence-corrected chi connectivity index (χ3v) is 3.41. The van der Waals surface area contributed by atoms with Gasteiger partial charge in [0.05, 0.1) is 0 Å². The monoisotopic (exact) mass is 281 g/mol. The third kappa shape index (κ3) is 4.09. The van der Waals surface area contributed by atoms with E-state index in [0.717, 1.165) is 23.1 Å². The smallest absolute Gasteiger partial charge is 0.137 e. The minimum atomic E-state index is 0.930. The van der Waals surface area contributed by atoms with E-state index in [9.17, 15) is 0 Å². The fraction of sp³-hybridized carbons (Fsp3) is 0.278. The highest BCUT2D eigenvalue weighted by Crippen LogP contribution is 2.14. The largest absolute Gasteiger partial charge is 0.381 e. The first-order valence-electron chi connectivity index (χ1n) is 7.26. The zero-order chi connectivity index (χ0) is 15.2. The molecule has 0 radical (unpaired) electrons. The fourth-order valence-electron chi connectivity index (χ4n) is 2.16. The summed E-state index contributed by atoms with van der Waals surface area (Å²) in [5.74, 6) is 0. The van der Waals surface area contributed by atoms with Crippen LogP contribution in [0.2, 0.25) is 0 Å². The molecule has 1 N–H and O–H groups in total. The van der Waals surface area contributed by atoms with Crippen molar-refractivity contribution in [3.8, 4) is 0 Å². The van der Waals surface area contributed by atoms with E-state index in [-0.39, 0.29) is 0 Å². The molecule has 0 aromatic carbocycles. The lowest BCUT2D eigenvalue weighted by Crippen LogP contribution is -2.09. The molecule has 2 heterocycles. The van der Waals surface area contributed by atoms with Gasteiger partial charge < -0.3 is 9.88 Å². The molecule has 2 rings (SSSR count). The molecular weight excluding hydrogens is 258 g/mol. The number of hydrogen-bond acceptors (Lipinski definition) is 2. The van der Waals surface area contributed by atoms with E-state index >= 15 is 0 Å². The Morgan fingerprint density at radius 3 is 2.81 bits per heavy atom. The van der Waals surface area contributed by atoms with Crippen molar-refractivity contribution in [2.24, 2.45) is 0 Å². The number of allylic oxidation sites excluding steroid dienone is 5. The van der Waals surface area contributed by atoms with Crippen molar-refractivity contribution < 1.29 is 0 Å². The molecule has 0 saturated carbocycles. The van der Waals surface area contributed by atoms with Gasteiger partial charge in [-0.1, -0.05) is 24.6 Å². The van der Waals surface area contributed by atoms with Crippen molar-refractivity contribution in [2.45, 2.75) is 20.3 Å². The van der Waals surface area contributed by atoms with Gasteiger partial charge in [-0.3, -0.25) is 0 Å². The van der Waals surface area contributed by atoms with E-state index in [1.165, 1.54) is 11.3 Å². The average molecular weight is 281 g/mol. The number of nitrogens with zero attached hydrogens (tertiary/aromatic N) is 2. The first-order chi connectivity index (χ1) is 10.1. The van der Waals surface area contributed by atoms with Crippen LogP contribution in [0.3, 0.4) is 0 Å². The summed E-state index contributed by atoms with van der Waals surface area (Å²) < 4.78 is 0. The molecule has 0 aliphatic heterocycles. The highest BCUT2D eigenvalue weighted by atomic mass is 15.1. The van der Waals surface area contributed by atoms with Gasteiger partial charge in [0, 0.05) is 37.1 Å². The molecule has 0 amide bonds. The zero-order valence-electron chi connectivity index (χ0n) is 13.2. The SMILES string of the molecule is CC/C(=C\C=C(/C)C=Cc1cc2cccnc2[nH]1)N(C)C. The second kappa shape index (κ2) is 6.93. The molecule has 21 heavy (non-hydrogen) atoms. The van der Waals surface area contributed by atoms with Crippen LogP contribution in [0, 0.1) is 0 Å². The number of nitrogens with one attached hydrogen (secondary N) is 1. The maximum atomic E-state index is 4.30. The van der Waals surface area contributed by atoms with Crippen LogP contribution in [0.5, 0.6) is 0 Å². The Kier molecular flexibility index (Phi) is 4.99. The predicted octanol–water partition coefficient (Wildman–Crippen LogP) is 4.38. The molecule has 0 aliphatic rings. The molecular formula is C18H23N3. The maximum absolute atomic E-state index is 4.30. The molecule has 0 unspecified atom stereocenters. The number of aromatic nitrogens is 2. The minimum Gasteiger partial charge on any atom is -0.381 e. The number of hydrogen-bond donors (Lipinski definition) is 1. The first kappa shape index (κ1) is 15.1. The molecule has 3 heteroatoms. The fourth-order valence-corrected chi connectivity index (χ4v) is 2.16. The summed E-state index contributed by atoms with van der Waals surface area (Å²) in [5.41, 5.74) is 4.54. The quantitative estimate of drug-likeness (QED) is 0.825. The predicted molar refractivity (Wildman–Crippen MR) is 90.9 cm³/mol. The molecule has 2 aromatic heterocycles. The van der Waals surface area contributed by atoms with E-state index in [0.29, 0.717) is 0 Å². The Balaban J connectivity index is 2.12. The van der Waals surface area contributed by atoms with E-state index in [1.54, 1.807) is 6.20 Å². The van der Waals surface area contributed by atoms with E-state index < -0.39 is 0 Å². The molecule has 110 valence electrons. The normalized spacial score (nSPS) is 13.3. The summed E-state index contributed by atoms with van der Waals surface area (Å²) in [7, 11) is 4.15. The standard InChI is InChI=1S/C18H23N3/c1-5-17(21(3)4)11-9-14(2)8-10-16-13-15-7-6-12-19-18(15)20-16/h6-13H,5H2,1-4H3,(H,19,20)/b10-8?,14-9+,17-11+. The van der Waals surface area contributed by atoms with Gasteiger partial charge in [0.25, 0.3) is 0 Å². The molecule has 0 saturated heterocycles. The molecule has 0 fully saturated rings. The number of fused-ring (bicyclic) bond motifs is 1. The lowest BCUT2D eigenvalue weighted by molar-refractivity contribution is 0.494. The second-order valence-electron chi connectivity index (χ2n) is 5.32. The average Bonchev–Trinajstić information content (AvgIpc) is 2.88. The van der Waals surface area contributed by atoms with Crippen LogP contribution in [0.15, 0.2) is 53.9 Å². The third-order valence-electron chi connectivity index (χ3n) is 3.41. The summed E-state index contributed by atoms with van der Waals surface area (Å²) in [5, 5.41) is 1.14. The Labute approximate surface area is 126 Å². The van der Waals surface area contributed by atoms with Gasteiger partial charge in [-0.2, -0.15) is 0 Å². The molecule has 0 atom stereocenters. The summed E-state index contributed by atoms with van der Waals surface area (Å²) in [6.07, 6.45) is 11.4.